The van der Waals surface area contributed by atoms with Gasteiger partial charge in [-0.05, 0) is 45.6 Å². The molecule has 3 aromatic rings. The fraction of sp³-hybridized carbons (Fsp3) is 0.0769. The highest BCUT2D eigenvalue weighted by atomic mass is 79.9. The number of hydrogen-bond acceptors (Lipinski definition) is 4. The number of nitrogens with zero attached hydrogens (tertiary/aromatic N) is 1. The number of aromatic nitrogens is 2. The maximum atomic E-state index is 11.8. The van der Waals surface area contributed by atoms with Crippen molar-refractivity contribution in [2.45, 2.75) is 6.54 Å². The van der Waals surface area contributed by atoms with Crippen molar-refractivity contribution in [3.8, 4) is 0 Å². The second kappa shape index (κ2) is 5.55. The van der Waals surface area contributed by atoms with Gasteiger partial charge in [-0.25, -0.2) is 4.98 Å². The summed E-state index contributed by atoms with van der Waals surface area (Å²) in [5.41, 5.74) is 1.52. The molecular weight excluding hydrogens is 362 g/mol. The van der Waals surface area contributed by atoms with Gasteiger partial charge in [-0.15, -0.1) is 11.3 Å². The van der Waals surface area contributed by atoms with Gasteiger partial charge in [0.1, 0.15) is 10.5 Å². The molecule has 2 N–H and O–H groups in total. The molecule has 0 fully saturated rings. The molecule has 7 heteroatoms. The highest BCUT2D eigenvalue weighted by Gasteiger charge is 2.06. The molecule has 0 saturated carbocycles. The summed E-state index contributed by atoms with van der Waals surface area (Å²) in [4.78, 5) is 19.0. The molecule has 3 rings (SSSR count). The molecule has 0 bridgehead atoms. The molecule has 4 nitrogen and oxygen atoms in total. The number of thiophene rings is 1. The van der Waals surface area contributed by atoms with E-state index in [0.29, 0.717) is 22.1 Å². The summed E-state index contributed by atoms with van der Waals surface area (Å²) in [5, 5.41) is 5.73. The summed E-state index contributed by atoms with van der Waals surface area (Å²) in [7, 11) is 0. The minimum atomic E-state index is -0.100. The number of anilines is 1. The molecule has 1 aromatic carbocycles. The predicted octanol–water partition coefficient (Wildman–Crippen LogP) is 4.01. The Kier molecular flexibility index (Phi) is 3.78. The zero-order chi connectivity index (χ0) is 14.1. The molecule has 0 spiro atoms. The summed E-state index contributed by atoms with van der Waals surface area (Å²) in [6, 6.07) is 7.32. The second-order valence-electron chi connectivity index (χ2n) is 4.13. The number of rotatable bonds is 3. The predicted molar refractivity (Wildman–Crippen MR) is 86.7 cm³/mol. The standard InChI is InChI=1S/C13H9BrClN3OS/c14-8-5-7(15)1-2-9(8)16-6-11-17-10-3-4-20-12(10)13(19)18-11/h1-5,16H,6H2,(H,17,18,19). The largest absolute Gasteiger partial charge is 0.377 e. The Bertz CT molecular complexity index is 830. The van der Waals surface area contributed by atoms with Gasteiger partial charge in [0.2, 0.25) is 0 Å². The van der Waals surface area contributed by atoms with Gasteiger partial charge in [-0.1, -0.05) is 11.6 Å². The van der Waals surface area contributed by atoms with Gasteiger partial charge in [-0.3, -0.25) is 4.79 Å². The molecular formula is C13H9BrClN3OS. The van der Waals surface area contributed by atoms with Gasteiger partial charge >= 0.3 is 0 Å². The first kappa shape index (κ1) is 13.6. The Morgan fingerprint density at radius 1 is 1.40 bits per heavy atom. The Morgan fingerprint density at radius 3 is 3.05 bits per heavy atom. The molecule has 0 aliphatic rings. The van der Waals surface area contributed by atoms with Crippen molar-refractivity contribution in [3.63, 3.8) is 0 Å². The molecule has 0 amide bonds. The van der Waals surface area contributed by atoms with Gasteiger partial charge in [0, 0.05) is 15.2 Å². The quantitative estimate of drug-likeness (QED) is 0.732. The zero-order valence-corrected chi connectivity index (χ0v) is 13.3. The highest BCUT2D eigenvalue weighted by Crippen LogP contribution is 2.26. The first-order chi connectivity index (χ1) is 9.63. The van der Waals surface area contributed by atoms with Crippen LogP contribution >= 0.6 is 38.9 Å². The normalized spacial score (nSPS) is 10.9. The number of nitrogens with one attached hydrogen (secondary N) is 2. The van der Waals surface area contributed by atoms with E-state index in [9.17, 15) is 4.79 Å². The molecule has 20 heavy (non-hydrogen) atoms. The number of halogens is 2. The first-order valence-corrected chi connectivity index (χ1v) is 7.84. The third-order valence-electron chi connectivity index (χ3n) is 2.74. The summed E-state index contributed by atoms with van der Waals surface area (Å²) in [5.74, 6) is 0.600. The van der Waals surface area contributed by atoms with E-state index in [1.165, 1.54) is 11.3 Å². The lowest BCUT2D eigenvalue weighted by Crippen LogP contribution is -2.13. The lowest BCUT2D eigenvalue weighted by Gasteiger charge is -2.08. The molecule has 0 aliphatic heterocycles. The number of benzene rings is 1. The smallest absolute Gasteiger partial charge is 0.268 e. The molecule has 0 atom stereocenters. The number of hydrogen-bond donors (Lipinski definition) is 2. The number of aromatic amines is 1. The van der Waals surface area contributed by atoms with E-state index < -0.39 is 0 Å². The Morgan fingerprint density at radius 2 is 2.25 bits per heavy atom. The SMILES string of the molecule is O=c1[nH]c(CNc2ccc(Cl)cc2Br)nc2ccsc12. The van der Waals surface area contributed by atoms with Gasteiger partial charge < -0.3 is 10.3 Å². The highest BCUT2D eigenvalue weighted by molar-refractivity contribution is 9.10. The maximum absolute atomic E-state index is 11.8. The average molecular weight is 371 g/mol. The summed E-state index contributed by atoms with van der Waals surface area (Å²) in [6.07, 6.45) is 0. The van der Waals surface area contributed by atoms with E-state index in [2.05, 4.69) is 31.2 Å². The van der Waals surface area contributed by atoms with E-state index in [1.54, 1.807) is 6.07 Å². The van der Waals surface area contributed by atoms with Crippen molar-refractivity contribution in [2.75, 3.05) is 5.32 Å². The van der Waals surface area contributed by atoms with Crippen LogP contribution in [0.5, 0.6) is 0 Å². The minimum absolute atomic E-state index is 0.100. The Balaban J connectivity index is 1.84. The average Bonchev–Trinajstić information content (AvgIpc) is 2.86. The minimum Gasteiger partial charge on any atom is -0.377 e. The monoisotopic (exact) mass is 369 g/mol. The Hall–Kier alpha value is -1.37. The molecule has 0 unspecified atom stereocenters. The molecule has 102 valence electrons. The van der Waals surface area contributed by atoms with E-state index in [-0.39, 0.29) is 5.56 Å². The van der Waals surface area contributed by atoms with Crippen molar-refractivity contribution in [1.82, 2.24) is 9.97 Å². The molecule has 0 aliphatic carbocycles. The van der Waals surface area contributed by atoms with Crippen molar-refractivity contribution in [2.24, 2.45) is 0 Å². The lowest BCUT2D eigenvalue weighted by molar-refractivity contribution is 0.955. The van der Waals surface area contributed by atoms with Crippen molar-refractivity contribution >= 4 is 54.8 Å². The van der Waals surface area contributed by atoms with Crippen LogP contribution in [-0.4, -0.2) is 9.97 Å². The van der Waals surface area contributed by atoms with Crippen LogP contribution in [0.25, 0.3) is 10.2 Å². The van der Waals surface area contributed by atoms with Crippen LogP contribution in [0.2, 0.25) is 5.02 Å². The van der Waals surface area contributed by atoms with Crippen molar-refractivity contribution < 1.29 is 0 Å². The second-order valence-corrected chi connectivity index (χ2v) is 6.33. The fourth-order valence-corrected chi connectivity index (χ4v) is 3.37. The van der Waals surface area contributed by atoms with Crippen molar-refractivity contribution in [3.05, 3.63) is 55.3 Å². The van der Waals surface area contributed by atoms with Crippen LogP contribution in [-0.2, 0) is 6.54 Å². The third-order valence-corrected chi connectivity index (χ3v) is 4.53. The molecule has 2 aromatic heterocycles. The molecule has 0 saturated heterocycles. The zero-order valence-electron chi connectivity index (χ0n) is 10.1. The van der Waals surface area contributed by atoms with Crippen LogP contribution in [0.1, 0.15) is 5.82 Å². The van der Waals surface area contributed by atoms with Gasteiger partial charge in [0.05, 0.1) is 12.1 Å². The fourth-order valence-electron chi connectivity index (χ4n) is 1.82. The molecule has 0 radical (unpaired) electrons. The van der Waals surface area contributed by atoms with Crippen LogP contribution < -0.4 is 10.9 Å². The summed E-state index contributed by atoms with van der Waals surface area (Å²) < 4.78 is 1.52. The first-order valence-electron chi connectivity index (χ1n) is 5.79. The van der Waals surface area contributed by atoms with Crippen molar-refractivity contribution in [1.29, 1.82) is 0 Å². The number of H-pyrrole nitrogens is 1. The van der Waals surface area contributed by atoms with Gasteiger partial charge in [0.25, 0.3) is 5.56 Å². The van der Waals surface area contributed by atoms with E-state index in [0.717, 1.165) is 15.7 Å². The van der Waals surface area contributed by atoms with Crippen LogP contribution in [0.4, 0.5) is 5.69 Å². The van der Waals surface area contributed by atoms with Gasteiger partial charge in [-0.2, -0.15) is 0 Å². The molecule has 2 heterocycles. The van der Waals surface area contributed by atoms with E-state index >= 15 is 0 Å². The van der Waals surface area contributed by atoms with E-state index in [4.69, 9.17) is 11.6 Å². The van der Waals surface area contributed by atoms with Crippen LogP contribution in [0, 0.1) is 0 Å². The van der Waals surface area contributed by atoms with E-state index in [1.807, 2.05) is 23.6 Å². The summed E-state index contributed by atoms with van der Waals surface area (Å²) >= 11 is 10.7. The van der Waals surface area contributed by atoms with Crippen LogP contribution in [0.15, 0.2) is 38.9 Å². The number of fused-ring (bicyclic) bond motifs is 1. The van der Waals surface area contributed by atoms with Crippen LogP contribution in [0.3, 0.4) is 0 Å². The third kappa shape index (κ3) is 2.72. The lowest BCUT2D eigenvalue weighted by atomic mass is 10.3. The van der Waals surface area contributed by atoms with Gasteiger partial charge in [0.15, 0.2) is 0 Å². The topological polar surface area (TPSA) is 57.8 Å². The summed E-state index contributed by atoms with van der Waals surface area (Å²) in [6.45, 7) is 0.432. The Labute approximate surface area is 131 Å². The maximum Gasteiger partial charge on any atom is 0.268 e.